The number of thiophene rings is 1. The summed E-state index contributed by atoms with van der Waals surface area (Å²) in [7, 11) is 0. The fourth-order valence-electron chi connectivity index (χ4n) is 4.54. The van der Waals surface area contributed by atoms with Crippen LogP contribution in [0.1, 0.15) is 71.3 Å². The lowest BCUT2D eigenvalue weighted by molar-refractivity contribution is 0.0927. The first-order valence-corrected chi connectivity index (χ1v) is 12.0. The van der Waals surface area contributed by atoms with Crippen molar-refractivity contribution in [1.82, 2.24) is 5.32 Å². The van der Waals surface area contributed by atoms with E-state index in [1.807, 2.05) is 6.07 Å². The lowest BCUT2D eigenvalue weighted by Gasteiger charge is -2.23. The van der Waals surface area contributed by atoms with Gasteiger partial charge >= 0.3 is 0 Å². The van der Waals surface area contributed by atoms with E-state index in [1.165, 1.54) is 36.1 Å². The van der Waals surface area contributed by atoms with Gasteiger partial charge in [-0.05, 0) is 50.2 Å². The van der Waals surface area contributed by atoms with Crippen molar-refractivity contribution < 1.29 is 14.3 Å². The second-order valence-electron chi connectivity index (χ2n) is 8.18. The van der Waals surface area contributed by atoms with E-state index in [-0.39, 0.29) is 18.7 Å². The maximum Gasteiger partial charge on any atom is 0.254 e. The normalized spacial score (nSPS) is 18.6. The summed E-state index contributed by atoms with van der Waals surface area (Å²) in [5.41, 5.74) is 2.72. The monoisotopic (exact) mass is 444 g/mol. The molecule has 3 aliphatic rings. The first-order valence-electron chi connectivity index (χ1n) is 10.8. The molecular weight excluding hydrogens is 420 g/mol. The van der Waals surface area contributed by atoms with Crippen LogP contribution in [0, 0.1) is 0 Å². The molecule has 1 aromatic carbocycles. The zero-order chi connectivity index (χ0) is 20.5. The second kappa shape index (κ2) is 8.60. The highest BCUT2D eigenvalue weighted by atomic mass is 35.5. The van der Waals surface area contributed by atoms with E-state index in [0.29, 0.717) is 16.5 Å². The summed E-state index contributed by atoms with van der Waals surface area (Å²) in [6.07, 6.45) is 11.8. The topological polar surface area (TPSA) is 59.9 Å². The number of carbonyl (C=O) groups is 1. The second-order valence-corrected chi connectivity index (χ2v) is 9.68. The number of benzene rings is 1. The minimum atomic E-state index is 0.0326. The van der Waals surface area contributed by atoms with Crippen molar-refractivity contribution in [2.75, 3.05) is 6.79 Å². The van der Waals surface area contributed by atoms with Crippen molar-refractivity contribution in [3.05, 3.63) is 38.7 Å². The fourth-order valence-corrected chi connectivity index (χ4v) is 5.97. The zero-order valence-electron chi connectivity index (χ0n) is 16.8. The molecule has 158 valence electrons. The predicted octanol–water partition coefficient (Wildman–Crippen LogP) is 5.82. The number of amides is 1. The molecule has 7 heteroatoms. The molecule has 0 radical (unpaired) electrons. The maximum atomic E-state index is 13.3. The van der Waals surface area contributed by atoms with Crippen LogP contribution in [0.3, 0.4) is 0 Å². The number of hydrogen-bond donors (Lipinski definition) is 1. The molecular formula is C23H25ClN2O3S. The Balaban J connectivity index is 1.45. The molecule has 0 saturated heterocycles. The van der Waals surface area contributed by atoms with Crippen LogP contribution in [0.2, 0.25) is 5.02 Å². The number of halogens is 1. The molecule has 0 bridgehead atoms. The van der Waals surface area contributed by atoms with Crippen molar-refractivity contribution in [2.45, 2.75) is 63.8 Å². The number of aliphatic imine (C=N–C) groups is 1. The Bertz CT molecular complexity index is 995. The number of carbonyl (C=O) groups excluding carboxylic acids is 1. The molecule has 2 aromatic rings. The number of rotatable bonds is 4. The maximum absolute atomic E-state index is 13.3. The lowest BCUT2D eigenvalue weighted by atomic mass is 9.93. The van der Waals surface area contributed by atoms with Gasteiger partial charge in [0.1, 0.15) is 5.00 Å². The summed E-state index contributed by atoms with van der Waals surface area (Å²) < 4.78 is 10.8. The number of aryl methyl sites for hydroxylation is 1. The van der Waals surface area contributed by atoms with Gasteiger partial charge in [-0.2, -0.15) is 0 Å². The smallest absolute Gasteiger partial charge is 0.254 e. The van der Waals surface area contributed by atoms with Gasteiger partial charge in [0.2, 0.25) is 6.79 Å². The lowest BCUT2D eigenvalue weighted by Crippen LogP contribution is -2.36. The minimum Gasteiger partial charge on any atom is -0.454 e. The molecule has 1 fully saturated rings. The van der Waals surface area contributed by atoms with Crippen molar-refractivity contribution in [2.24, 2.45) is 4.99 Å². The van der Waals surface area contributed by atoms with Crippen LogP contribution in [-0.4, -0.2) is 25.0 Å². The van der Waals surface area contributed by atoms with Crippen LogP contribution in [0.15, 0.2) is 17.1 Å². The summed E-state index contributed by atoms with van der Waals surface area (Å²) in [4.78, 5) is 19.3. The van der Waals surface area contributed by atoms with Gasteiger partial charge in [0.15, 0.2) is 11.5 Å². The minimum absolute atomic E-state index is 0.0326. The van der Waals surface area contributed by atoms with E-state index in [2.05, 4.69) is 5.32 Å². The molecule has 2 heterocycles. The largest absolute Gasteiger partial charge is 0.454 e. The summed E-state index contributed by atoms with van der Waals surface area (Å²) in [5.74, 6) is 1.35. The first-order chi connectivity index (χ1) is 14.7. The summed E-state index contributed by atoms with van der Waals surface area (Å²) in [6, 6.07) is 3.87. The Morgan fingerprint density at radius 1 is 1.10 bits per heavy atom. The Hall–Kier alpha value is -2.05. The molecule has 1 N–H and O–H groups in total. The van der Waals surface area contributed by atoms with Crippen molar-refractivity contribution in [3.8, 4) is 11.5 Å². The SMILES string of the molecule is O=C(NC1CCCCC1)c1c(/N=C/c2cc3c(cc2Cl)OCO3)sc2c1CCCC2. The molecule has 2 aliphatic carbocycles. The van der Waals surface area contributed by atoms with Crippen molar-refractivity contribution in [1.29, 1.82) is 0 Å². The highest BCUT2D eigenvalue weighted by molar-refractivity contribution is 7.16. The van der Waals surface area contributed by atoms with Crippen LogP contribution in [-0.2, 0) is 12.8 Å². The summed E-state index contributed by atoms with van der Waals surface area (Å²) in [5, 5.41) is 4.62. The zero-order valence-corrected chi connectivity index (χ0v) is 18.4. The number of hydrogen-bond acceptors (Lipinski definition) is 5. The van der Waals surface area contributed by atoms with Crippen LogP contribution in [0.5, 0.6) is 11.5 Å². The van der Waals surface area contributed by atoms with Crippen LogP contribution in [0.25, 0.3) is 0 Å². The van der Waals surface area contributed by atoms with E-state index in [9.17, 15) is 4.79 Å². The third-order valence-corrected chi connectivity index (χ3v) is 7.66. The van der Waals surface area contributed by atoms with Gasteiger partial charge in [-0.25, -0.2) is 4.99 Å². The van der Waals surface area contributed by atoms with E-state index in [0.717, 1.165) is 48.2 Å². The van der Waals surface area contributed by atoms with Gasteiger partial charge < -0.3 is 14.8 Å². The van der Waals surface area contributed by atoms with E-state index in [4.69, 9.17) is 26.1 Å². The van der Waals surface area contributed by atoms with Gasteiger partial charge in [0, 0.05) is 28.8 Å². The number of nitrogens with zero attached hydrogens (tertiary/aromatic N) is 1. The fraction of sp³-hybridized carbons (Fsp3) is 0.478. The van der Waals surface area contributed by atoms with Crippen molar-refractivity contribution in [3.63, 3.8) is 0 Å². The van der Waals surface area contributed by atoms with Gasteiger partial charge in [0.05, 0.1) is 10.6 Å². The Morgan fingerprint density at radius 3 is 2.70 bits per heavy atom. The third kappa shape index (κ3) is 3.95. The molecule has 0 unspecified atom stereocenters. The Labute approximate surface area is 185 Å². The number of nitrogens with one attached hydrogen (secondary N) is 1. The number of fused-ring (bicyclic) bond motifs is 2. The molecule has 5 rings (SSSR count). The average molecular weight is 445 g/mol. The molecule has 5 nitrogen and oxygen atoms in total. The Kier molecular flexibility index (Phi) is 5.70. The molecule has 0 atom stereocenters. The van der Waals surface area contributed by atoms with Gasteiger partial charge in [-0.15, -0.1) is 11.3 Å². The number of ether oxygens (including phenoxy) is 2. The van der Waals surface area contributed by atoms with Gasteiger partial charge in [-0.3, -0.25) is 4.79 Å². The molecule has 1 aromatic heterocycles. The molecule has 0 spiro atoms. The quantitative estimate of drug-likeness (QED) is 0.604. The average Bonchev–Trinajstić information content (AvgIpc) is 3.36. The van der Waals surface area contributed by atoms with Gasteiger partial charge in [0.25, 0.3) is 5.91 Å². The molecule has 1 aliphatic heterocycles. The van der Waals surface area contributed by atoms with E-state index < -0.39 is 0 Å². The summed E-state index contributed by atoms with van der Waals surface area (Å²) >= 11 is 8.05. The van der Waals surface area contributed by atoms with E-state index >= 15 is 0 Å². The first kappa shape index (κ1) is 19.9. The van der Waals surface area contributed by atoms with Gasteiger partial charge in [-0.1, -0.05) is 30.9 Å². The highest BCUT2D eigenvalue weighted by Crippen LogP contribution is 2.41. The van der Waals surface area contributed by atoms with Crippen LogP contribution < -0.4 is 14.8 Å². The van der Waals surface area contributed by atoms with E-state index in [1.54, 1.807) is 23.6 Å². The van der Waals surface area contributed by atoms with Crippen molar-refractivity contribution >= 4 is 40.1 Å². The predicted molar refractivity (Wildman–Crippen MR) is 120 cm³/mol. The summed E-state index contributed by atoms with van der Waals surface area (Å²) in [6.45, 7) is 0.204. The standard InChI is InChI=1S/C23H25ClN2O3S/c24-17-11-19-18(28-13-29-19)10-14(17)12-25-23-21(16-8-4-5-9-20(16)30-23)22(27)26-15-6-2-1-3-7-15/h10-12,15H,1-9,13H2,(H,26,27)/b25-12+. The van der Waals surface area contributed by atoms with Crippen LogP contribution >= 0.6 is 22.9 Å². The van der Waals surface area contributed by atoms with Crippen LogP contribution in [0.4, 0.5) is 5.00 Å². The molecule has 1 saturated carbocycles. The molecule has 30 heavy (non-hydrogen) atoms. The highest BCUT2D eigenvalue weighted by Gasteiger charge is 2.27. The molecule has 1 amide bonds. The third-order valence-electron chi connectivity index (χ3n) is 6.13. The Morgan fingerprint density at radius 2 is 1.87 bits per heavy atom.